The van der Waals surface area contributed by atoms with Gasteiger partial charge in [-0.1, -0.05) is 48.5 Å². The minimum absolute atomic E-state index is 0.00449. The first-order valence-corrected chi connectivity index (χ1v) is 16.2. The smallest absolute Gasteiger partial charge is 0.169 e. The van der Waals surface area contributed by atoms with Gasteiger partial charge in [0.2, 0.25) is 0 Å². The van der Waals surface area contributed by atoms with Crippen LogP contribution >= 0.6 is 0 Å². The number of benzene rings is 6. The van der Waals surface area contributed by atoms with Crippen molar-refractivity contribution in [1.29, 1.82) is 0 Å². The van der Waals surface area contributed by atoms with E-state index in [0.717, 1.165) is 33.4 Å². The molecule has 0 saturated carbocycles. The molecule has 0 heterocycles. The first kappa shape index (κ1) is 32.8. The molecule has 0 aliphatic rings. The quantitative estimate of drug-likeness (QED) is 0.0842. The normalized spacial score (nSPS) is 10.9. The molecule has 0 fully saturated rings. The monoisotopic (exact) mass is 654 g/mol. The second-order valence-electron chi connectivity index (χ2n) is 12.1. The van der Waals surface area contributed by atoms with Gasteiger partial charge in [-0.2, -0.15) is 0 Å². The van der Waals surface area contributed by atoms with Crippen molar-refractivity contribution >= 4 is 0 Å². The fourth-order valence-corrected chi connectivity index (χ4v) is 5.69. The molecular weight excluding hydrogens is 616 g/mol. The lowest BCUT2D eigenvalue weighted by Gasteiger charge is -2.15. The van der Waals surface area contributed by atoms with Gasteiger partial charge >= 0.3 is 0 Å². The van der Waals surface area contributed by atoms with Gasteiger partial charge in [0.05, 0.1) is 0 Å². The third kappa shape index (κ3) is 9.26. The van der Waals surface area contributed by atoms with Crippen molar-refractivity contribution in [2.45, 2.75) is 38.5 Å². The van der Waals surface area contributed by atoms with E-state index in [9.17, 15) is 25.5 Å². The third-order valence-electron chi connectivity index (χ3n) is 8.31. The number of phenols is 5. The lowest BCUT2D eigenvalue weighted by molar-refractivity contribution is 0.399. The third-order valence-corrected chi connectivity index (χ3v) is 8.31. The molecule has 7 nitrogen and oxygen atoms in total. The van der Waals surface area contributed by atoms with E-state index in [4.69, 9.17) is 9.47 Å². The summed E-state index contributed by atoms with van der Waals surface area (Å²) in [6, 6.07) is 37.5. The highest BCUT2D eigenvalue weighted by atomic mass is 16.5. The average molecular weight is 655 g/mol. The van der Waals surface area contributed by atoms with E-state index in [1.165, 1.54) is 0 Å². The second-order valence-corrected chi connectivity index (χ2v) is 12.1. The Balaban J connectivity index is 1.23. The summed E-state index contributed by atoms with van der Waals surface area (Å²) in [7, 11) is 0. The Kier molecular flexibility index (Phi) is 10.2. The van der Waals surface area contributed by atoms with E-state index < -0.39 is 0 Å². The van der Waals surface area contributed by atoms with Crippen LogP contribution < -0.4 is 9.47 Å². The summed E-state index contributed by atoms with van der Waals surface area (Å²) in [5, 5.41) is 50.8. The van der Waals surface area contributed by atoms with Crippen LogP contribution in [0.4, 0.5) is 0 Å². The van der Waals surface area contributed by atoms with Crippen LogP contribution in [0.15, 0.2) is 127 Å². The highest BCUT2D eigenvalue weighted by Gasteiger charge is 2.13. The molecule has 7 heteroatoms. The predicted molar refractivity (Wildman–Crippen MR) is 189 cm³/mol. The van der Waals surface area contributed by atoms with Crippen LogP contribution in [0.1, 0.15) is 33.4 Å². The van der Waals surface area contributed by atoms with E-state index in [1.54, 1.807) is 54.6 Å². The molecule has 248 valence electrons. The van der Waals surface area contributed by atoms with Gasteiger partial charge in [0, 0.05) is 6.07 Å². The zero-order valence-corrected chi connectivity index (χ0v) is 26.9. The number of phenolic OH excluding ortho intramolecular Hbond substituents is 5. The van der Waals surface area contributed by atoms with Crippen LogP contribution in [-0.4, -0.2) is 25.5 Å². The Hall–Kier alpha value is -6.08. The van der Waals surface area contributed by atoms with Crippen LogP contribution in [0.2, 0.25) is 0 Å². The topological polar surface area (TPSA) is 120 Å². The molecule has 0 aliphatic heterocycles. The number of hydrogen-bond donors (Lipinski definition) is 5. The minimum atomic E-state index is -0.00449. The lowest BCUT2D eigenvalue weighted by Crippen LogP contribution is -1.96. The lowest BCUT2D eigenvalue weighted by atomic mass is 10.0. The number of rotatable bonds is 13. The Morgan fingerprint density at radius 1 is 0.327 bits per heavy atom. The summed E-state index contributed by atoms with van der Waals surface area (Å²) >= 11 is 0. The molecule has 6 aromatic rings. The van der Waals surface area contributed by atoms with Crippen LogP contribution in [0, 0.1) is 0 Å². The average Bonchev–Trinajstić information content (AvgIpc) is 3.09. The summed E-state index contributed by atoms with van der Waals surface area (Å²) in [6.07, 6.45) is 4.13. The molecule has 0 unspecified atom stereocenters. The van der Waals surface area contributed by atoms with Gasteiger partial charge in [-0.05, 0) is 145 Å². The van der Waals surface area contributed by atoms with Gasteiger partial charge in [0.15, 0.2) is 23.0 Å². The van der Waals surface area contributed by atoms with Crippen LogP contribution in [0.25, 0.3) is 0 Å². The van der Waals surface area contributed by atoms with Crippen molar-refractivity contribution in [2.75, 3.05) is 0 Å². The van der Waals surface area contributed by atoms with E-state index >= 15 is 0 Å². The van der Waals surface area contributed by atoms with Crippen LogP contribution in [-0.2, 0) is 38.5 Å². The standard InChI is InChI=1S/C42H38O7/c43-34-17-13-28(14-18-34)7-12-33-23-37(48-41-25-31(15-19-39(41)46)10-8-29-3-1-5-35(44)21-29)27-38(24-33)49-42-26-32(16-20-40(42)47)11-9-30-4-2-6-36(45)22-30/h1-6,13-27,43-47H,7-12H2. The molecule has 0 aliphatic carbocycles. The fourth-order valence-electron chi connectivity index (χ4n) is 5.69. The summed E-state index contributed by atoms with van der Waals surface area (Å²) in [5.74, 6) is 2.16. The number of aryl methyl sites for hydroxylation is 6. The van der Waals surface area contributed by atoms with Crippen LogP contribution in [0.5, 0.6) is 51.7 Å². The maximum absolute atomic E-state index is 10.7. The van der Waals surface area contributed by atoms with Crippen LogP contribution in [0.3, 0.4) is 0 Å². The molecule has 0 amide bonds. The summed E-state index contributed by atoms with van der Waals surface area (Å²) in [5.41, 5.74) is 5.91. The Bertz CT molecular complexity index is 1920. The number of hydrogen-bond acceptors (Lipinski definition) is 7. The van der Waals surface area contributed by atoms with E-state index in [2.05, 4.69) is 0 Å². The zero-order valence-electron chi connectivity index (χ0n) is 26.9. The molecular formula is C42H38O7. The van der Waals surface area contributed by atoms with Crippen molar-refractivity contribution in [3.05, 3.63) is 161 Å². The van der Waals surface area contributed by atoms with Gasteiger partial charge in [0.25, 0.3) is 0 Å². The van der Waals surface area contributed by atoms with Crippen molar-refractivity contribution in [3.63, 3.8) is 0 Å². The van der Waals surface area contributed by atoms with Crippen molar-refractivity contribution in [3.8, 4) is 51.7 Å². The fraction of sp³-hybridized carbons (Fsp3) is 0.143. The molecule has 5 N–H and O–H groups in total. The Morgan fingerprint density at radius 2 is 0.735 bits per heavy atom. The number of ether oxygens (including phenoxy) is 2. The summed E-state index contributed by atoms with van der Waals surface area (Å²) < 4.78 is 12.5. The highest BCUT2D eigenvalue weighted by Crippen LogP contribution is 2.38. The highest BCUT2D eigenvalue weighted by molar-refractivity contribution is 5.50. The maximum atomic E-state index is 10.7. The van der Waals surface area contributed by atoms with Crippen molar-refractivity contribution in [1.82, 2.24) is 0 Å². The molecule has 0 radical (unpaired) electrons. The van der Waals surface area contributed by atoms with Gasteiger partial charge in [0.1, 0.15) is 28.7 Å². The molecule has 0 bridgehead atoms. The molecule has 6 aromatic carbocycles. The van der Waals surface area contributed by atoms with E-state index in [0.29, 0.717) is 61.5 Å². The van der Waals surface area contributed by atoms with Gasteiger partial charge in [-0.3, -0.25) is 0 Å². The molecule has 0 spiro atoms. The molecule has 6 rings (SSSR count). The van der Waals surface area contributed by atoms with E-state index in [1.807, 2.05) is 72.8 Å². The minimum Gasteiger partial charge on any atom is -0.508 e. The van der Waals surface area contributed by atoms with Crippen molar-refractivity contribution in [2.24, 2.45) is 0 Å². The first-order chi connectivity index (χ1) is 23.8. The molecule has 0 atom stereocenters. The predicted octanol–water partition coefficient (Wildman–Crippen LogP) is 9.15. The van der Waals surface area contributed by atoms with Gasteiger partial charge in [-0.25, -0.2) is 0 Å². The van der Waals surface area contributed by atoms with Crippen molar-refractivity contribution < 1.29 is 35.0 Å². The molecule has 0 saturated heterocycles. The van der Waals surface area contributed by atoms with E-state index in [-0.39, 0.29) is 28.7 Å². The first-order valence-electron chi connectivity index (χ1n) is 16.2. The van der Waals surface area contributed by atoms with Gasteiger partial charge in [-0.15, -0.1) is 0 Å². The second kappa shape index (κ2) is 15.2. The summed E-state index contributed by atoms with van der Waals surface area (Å²) in [4.78, 5) is 0. The summed E-state index contributed by atoms with van der Waals surface area (Å²) in [6.45, 7) is 0. The molecule has 0 aromatic heterocycles. The molecule has 49 heavy (non-hydrogen) atoms. The Labute approximate surface area is 285 Å². The van der Waals surface area contributed by atoms with Gasteiger partial charge < -0.3 is 35.0 Å². The maximum Gasteiger partial charge on any atom is 0.169 e. The number of aromatic hydroxyl groups is 5. The Morgan fingerprint density at radius 3 is 1.20 bits per heavy atom. The zero-order chi connectivity index (χ0) is 34.2. The largest absolute Gasteiger partial charge is 0.508 e. The SMILES string of the molecule is Oc1ccc(CCc2cc(Oc3cc(CCc4cccc(O)c4)ccc3O)cc(Oc3cc(CCc4cccc(O)c4)ccc3O)c2)cc1.